The molecule has 1 aromatic heterocycles. The Hall–Kier alpha value is -2.63. The third kappa shape index (κ3) is 4.12. The van der Waals surface area contributed by atoms with Crippen LogP contribution in [-0.4, -0.2) is 52.8 Å². The van der Waals surface area contributed by atoms with Crippen LogP contribution in [0.5, 0.6) is 0 Å². The van der Waals surface area contributed by atoms with Gasteiger partial charge in [0, 0.05) is 43.1 Å². The van der Waals surface area contributed by atoms with Gasteiger partial charge in [-0.25, -0.2) is 4.39 Å². The van der Waals surface area contributed by atoms with E-state index in [9.17, 15) is 14.0 Å². The van der Waals surface area contributed by atoms with Gasteiger partial charge in [-0.15, -0.1) is 0 Å². The number of hydrogen-bond donors (Lipinski definition) is 1. The monoisotopic (exact) mass is 357 g/mol. The highest BCUT2D eigenvalue weighted by atomic mass is 19.1. The number of benzene rings is 1. The summed E-state index contributed by atoms with van der Waals surface area (Å²) < 4.78 is 13.4. The average Bonchev–Trinajstić information content (AvgIpc) is 2.80. The second-order valence-corrected chi connectivity index (χ2v) is 6.82. The van der Waals surface area contributed by atoms with Gasteiger partial charge in [0.05, 0.1) is 6.42 Å². The Morgan fingerprint density at radius 1 is 1.08 bits per heavy atom. The van der Waals surface area contributed by atoms with Gasteiger partial charge in [-0.05, 0) is 50.1 Å². The summed E-state index contributed by atoms with van der Waals surface area (Å²) in [5, 5.41) is 0. The number of hydrogen-bond acceptors (Lipinski definition) is 2. The second kappa shape index (κ2) is 7.72. The Labute approximate surface area is 152 Å². The lowest BCUT2D eigenvalue weighted by Crippen LogP contribution is -2.38. The summed E-state index contributed by atoms with van der Waals surface area (Å²) in [6.07, 6.45) is 1.09. The fraction of sp³-hybridized carbons (Fsp3) is 0.400. The first-order valence-electron chi connectivity index (χ1n) is 8.92. The second-order valence-electron chi connectivity index (χ2n) is 6.82. The molecule has 0 radical (unpaired) electrons. The molecule has 1 aliphatic rings. The van der Waals surface area contributed by atoms with Gasteiger partial charge >= 0.3 is 0 Å². The molecule has 138 valence electrons. The van der Waals surface area contributed by atoms with Gasteiger partial charge in [-0.1, -0.05) is 6.07 Å². The van der Waals surface area contributed by atoms with E-state index in [0.717, 1.165) is 23.4 Å². The number of carbonyl (C=O) groups excluding carboxylic acids is 2. The van der Waals surface area contributed by atoms with E-state index in [2.05, 4.69) is 4.98 Å². The van der Waals surface area contributed by atoms with E-state index < -0.39 is 5.82 Å². The zero-order valence-electron chi connectivity index (χ0n) is 15.2. The van der Waals surface area contributed by atoms with E-state index in [1.165, 1.54) is 18.2 Å². The third-order valence-corrected chi connectivity index (χ3v) is 4.81. The minimum Gasteiger partial charge on any atom is -0.362 e. The predicted molar refractivity (Wildman–Crippen MR) is 97.5 cm³/mol. The lowest BCUT2D eigenvalue weighted by molar-refractivity contribution is -0.130. The summed E-state index contributed by atoms with van der Waals surface area (Å²) in [5.74, 6) is -0.525. The Morgan fingerprint density at radius 2 is 1.81 bits per heavy atom. The SMILES string of the molecule is Cc1cc(CC(=O)N2CCCN(C(=O)c3cccc(F)c3)CC2)c(C)[nH]1. The van der Waals surface area contributed by atoms with Crippen LogP contribution < -0.4 is 0 Å². The zero-order chi connectivity index (χ0) is 18.7. The lowest BCUT2D eigenvalue weighted by atomic mass is 10.1. The van der Waals surface area contributed by atoms with Crippen molar-refractivity contribution < 1.29 is 14.0 Å². The van der Waals surface area contributed by atoms with Crippen molar-refractivity contribution >= 4 is 11.8 Å². The normalized spacial score (nSPS) is 15.0. The van der Waals surface area contributed by atoms with E-state index in [1.54, 1.807) is 11.0 Å². The van der Waals surface area contributed by atoms with E-state index in [-0.39, 0.29) is 11.8 Å². The maximum atomic E-state index is 13.4. The van der Waals surface area contributed by atoms with E-state index in [1.807, 2.05) is 24.8 Å². The maximum Gasteiger partial charge on any atom is 0.254 e. The first kappa shape index (κ1) is 18.2. The van der Waals surface area contributed by atoms with Gasteiger partial charge in [-0.3, -0.25) is 9.59 Å². The standard InChI is InChI=1S/C20H24FN3O2/c1-14-11-17(15(2)22-14)13-19(25)23-7-4-8-24(10-9-23)20(26)16-5-3-6-18(21)12-16/h3,5-6,11-12,22H,4,7-10,13H2,1-2H3. The van der Waals surface area contributed by atoms with Crippen molar-refractivity contribution in [2.75, 3.05) is 26.2 Å². The lowest BCUT2D eigenvalue weighted by Gasteiger charge is -2.22. The number of aryl methyl sites for hydroxylation is 2. The minimum atomic E-state index is -0.417. The van der Waals surface area contributed by atoms with Crippen molar-refractivity contribution in [2.45, 2.75) is 26.7 Å². The molecular formula is C20H24FN3O2. The number of aromatic amines is 1. The van der Waals surface area contributed by atoms with Crippen molar-refractivity contribution in [3.8, 4) is 0 Å². The van der Waals surface area contributed by atoms with E-state index in [4.69, 9.17) is 0 Å². The molecule has 0 aliphatic carbocycles. The van der Waals surface area contributed by atoms with Gasteiger partial charge in [0.2, 0.25) is 5.91 Å². The molecular weight excluding hydrogens is 333 g/mol. The molecule has 0 saturated carbocycles. The van der Waals surface area contributed by atoms with Gasteiger partial charge in [0.15, 0.2) is 0 Å². The molecule has 6 heteroatoms. The number of H-pyrrole nitrogens is 1. The Balaban J connectivity index is 1.61. The van der Waals surface area contributed by atoms with Crippen LogP contribution in [-0.2, 0) is 11.2 Å². The van der Waals surface area contributed by atoms with Gasteiger partial charge in [0.1, 0.15) is 5.82 Å². The molecule has 0 unspecified atom stereocenters. The number of nitrogens with one attached hydrogen (secondary N) is 1. The number of carbonyl (C=O) groups is 2. The van der Waals surface area contributed by atoms with Crippen LogP contribution in [0.2, 0.25) is 0 Å². The van der Waals surface area contributed by atoms with Gasteiger partial charge in [0.25, 0.3) is 5.91 Å². The van der Waals surface area contributed by atoms with Crippen LogP contribution in [0.15, 0.2) is 30.3 Å². The molecule has 1 fully saturated rings. The summed E-state index contributed by atoms with van der Waals surface area (Å²) in [4.78, 5) is 31.9. The molecule has 3 rings (SSSR count). The zero-order valence-corrected chi connectivity index (χ0v) is 15.2. The molecule has 2 amide bonds. The summed E-state index contributed by atoms with van der Waals surface area (Å²) in [7, 11) is 0. The largest absolute Gasteiger partial charge is 0.362 e. The van der Waals surface area contributed by atoms with Crippen molar-refractivity contribution in [2.24, 2.45) is 0 Å². The molecule has 26 heavy (non-hydrogen) atoms. The number of halogens is 1. The van der Waals surface area contributed by atoms with Crippen LogP contribution in [0.3, 0.4) is 0 Å². The summed E-state index contributed by atoms with van der Waals surface area (Å²) in [6, 6.07) is 7.75. The summed E-state index contributed by atoms with van der Waals surface area (Å²) >= 11 is 0. The van der Waals surface area contributed by atoms with E-state index in [0.29, 0.717) is 38.2 Å². The maximum absolute atomic E-state index is 13.4. The van der Waals surface area contributed by atoms with Crippen LogP contribution >= 0.6 is 0 Å². The number of nitrogens with zero attached hydrogens (tertiary/aromatic N) is 2. The Kier molecular flexibility index (Phi) is 5.40. The fourth-order valence-electron chi connectivity index (χ4n) is 3.41. The highest BCUT2D eigenvalue weighted by Gasteiger charge is 2.23. The van der Waals surface area contributed by atoms with Gasteiger partial charge < -0.3 is 14.8 Å². The number of amides is 2. The Bertz CT molecular complexity index is 815. The quantitative estimate of drug-likeness (QED) is 0.918. The van der Waals surface area contributed by atoms with Crippen molar-refractivity contribution in [1.29, 1.82) is 0 Å². The third-order valence-electron chi connectivity index (χ3n) is 4.81. The topological polar surface area (TPSA) is 56.4 Å². The summed E-state index contributed by atoms with van der Waals surface area (Å²) in [5.41, 5.74) is 3.44. The van der Waals surface area contributed by atoms with Gasteiger partial charge in [-0.2, -0.15) is 0 Å². The molecule has 5 nitrogen and oxygen atoms in total. The Morgan fingerprint density at radius 3 is 2.50 bits per heavy atom. The molecule has 2 heterocycles. The number of rotatable bonds is 3. The molecule has 1 aromatic carbocycles. The highest BCUT2D eigenvalue weighted by molar-refractivity contribution is 5.94. The molecule has 1 saturated heterocycles. The highest BCUT2D eigenvalue weighted by Crippen LogP contribution is 2.14. The summed E-state index contributed by atoms with van der Waals surface area (Å²) in [6.45, 7) is 6.12. The molecule has 0 bridgehead atoms. The molecule has 0 atom stereocenters. The first-order valence-corrected chi connectivity index (χ1v) is 8.92. The van der Waals surface area contributed by atoms with Crippen LogP contribution in [0.25, 0.3) is 0 Å². The van der Waals surface area contributed by atoms with Crippen molar-refractivity contribution in [1.82, 2.24) is 14.8 Å². The minimum absolute atomic E-state index is 0.0761. The van der Waals surface area contributed by atoms with Crippen molar-refractivity contribution in [3.05, 3.63) is 58.7 Å². The molecule has 1 N–H and O–H groups in total. The number of aromatic nitrogens is 1. The predicted octanol–water partition coefficient (Wildman–Crippen LogP) is 2.69. The molecule has 0 spiro atoms. The first-order chi connectivity index (χ1) is 12.4. The van der Waals surface area contributed by atoms with Crippen molar-refractivity contribution in [3.63, 3.8) is 0 Å². The van der Waals surface area contributed by atoms with Crippen LogP contribution in [0.1, 0.15) is 33.7 Å². The van der Waals surface area contributed by atoms with Crippen LogP contribution in [0.4, 0.5) is 4.39 Å². The average molecular weight is 357 g/mol. The van der Waals surface area contributed by atoms with Crippen LogP contribution in [0, 0.1) is 19.7 Å². The fourth-order valence-corrected chi connectivity index (χ4v) is 3.41. The molecule has 2 aromatic rings. The smallest absolute Gasteiger partial charge is 0.254 e. The van der Waals surface area contributed by atoms with E-state index >= 15 is 0 Å². The molecule has 1 aliphatic heterocycles.